The minimum Gasteiger partial charge on any atom is -0.333 e. The molecule has 0 aliphatic rings. The predicted octanol–water partition coefficient (Wildman–Crippen LogP) is 3.55. The molecule has 0 saturated carbocycles. The molecule has 0 bridgehead atoms. The number of anilines is 1. The summed E-state index contributed by atoms with van der Waals surface area (Å²) < 4.78 is 19.5. The van der Waals surface area contributed by atoms with E-state index in [9.17, 15) is 18.8 Å². The Hall–Kier alpha value is -4.40. The van der Waals surface area contributed by atoms with Gasteiger partial charge in [-0.15, -0.1) is 0 Å². The maximum absolute atomic E-state index is 13.1. The zero-order chi connectivity index (χ0) is 22.7. The molecule has 0 atom stereocenters. The van der Waals surface area contributed by atoms with Gasteiger partial charge in [-0.3, -0.25) is 14.4 Å². The Bertz CT molecular complexity index is 1340. The molecule has 4 aromatic rings. The second-order valence-corrected chi connectivity index (χ2v) is 6.97. The summed E-state index contributed by atoms with van der Waals surface area (Å²) in [6, 6.07) is 15.1. The van der Waals surface area contributed by atoms with Crippen molar-refractivity contribution in [2.24, 2.45) is 0 Å². The van der Waals surface area contributed by atoms with E-state index in [0.29, 0.717) is 16.8 Å². The molecule has 32 heavy (non-hydrogen) atoms. The number of rotatable bonds is 6. The van der Waals surface area contributed by atoms with Crippen LogP contribution >= 0.6 is 0 Å². The Morgan fingerprint density at radius 3 is 2.47 bits per heavy atom. The highest BCUT2D eigenvalue weighted by Gasteiger charge is 2.16. The van der Waals surface area contributed by atoms with E-state index in [0.717, 1.165) is 0 Å². The van der Waals surface area contributed by atoms with Gasteiger partial charge in [-0.05, 0) is 67.6 Å². The molecule has 2 aromatic heterocycles. The van der Waals surface area contributed by atoms with Crippen molar-refractivity contribution >= 4 is 17.4 Å². The van der Waals surface area contributed by atoms with Crippen LogP contribution in [0.5, 0.6) is 0 Å². The third-order valence-electron chi connectivity index (χ3n) is 4.67. The van der Waals surface area contributed by atoms with Gasteiger partial charge in [0.15, 0.2) is 5.78 Å². The van der Waals surface area contributed by atoms with E-state index in [4.69, 9.17) is 4.52 Å². The van der Waals surface area contributed by atoms with Crippen LogP contribution in [0, 0.1) is 5.82 Å². The average Bonchev–Trinajstić information content (AvgIpc) is 3.26. The lowest BCUT2D eigenvalue weighted by molar-refractivity contribution is -0.116. The summed E-state index contributed by atoms with van der Waals surface area (Å²) in [5.41, 5.74) is 1.22. The number of nitrogens with zero attached hydrogens (tertiary/aromatic N) is 3. The summed E-state index contributed by atoms with van der Waals surface area (Å²) in [6.07, 6.45) is 1.47. The summed E-state index contributed by atoms with van der Waals surface area (Å²) in [6.45, 7) is 1.22. The largest absolute Gasteiger partial charge is 0.333 e. The van der Waals surface area contributed by atoms with Gasteiger partial charge >= 0.3 is 0 Å². The topological polar surface area (TPSA) is 107 Å². The number of benzene rings is 2. The number of carbonyl (C=O) groups excluding carboxylic acids is 2. The molecule has 9 heteroatoms. The lowest BCUT2D eigenvalue weighted by Crippen LogP contribution is -2.28. The quantitative estimate of drug-likeness (QED) is 0.467. The highest BCUT2D eigenvalue weighted by Crippen LogP contribution is 2.20. The van der Waals surface area contributed by atoms with E-state index >= 15 is 0 Å². The van der Waals surface area contributed by atoms with Crippen LogP contribution in [0.4, 0.5) is 10.1 Å². The molecule has 0 aliphatic carbocycles. The third kappa shape index (κ3) is 4.51. The Kier molecular flexibility index (Phi) is 5.71. The van der Waals surface area contributed by atoms with E-state index in [1.165, 1.54) is 48.0 Å². The minimum absolute atomic E-state index is 0.0103. The minimum atomic E-state index is -0.483. The average molecular weight is 432 g/mol. The van der Waals surface area contributed by atoms with Crippen LogP contribution in [-0.2, 0) is 11.3 Å². The lowest BCUT2D eigenvalue weighted by atomic mass is 10.1. The molecule has 0 fully saturated rings. The molecule has 0 saturated heterocycles. The summed E-state index contributed by atoms with van der Waals surface area (Å²) in [4.78, 5) is 40.8. The zero-order valence-corrected chi connectivity index (χ0v) is 16.9. The van der Waals surface area contributed by atoms with E-state index in [-0.39, 0.29) is 29.6 Å². The van der Waals surface area contributed by atoms with Crippen LogP contribution in [0.2, 0.25) is 0 Å². The third-order valence-corrected chi connectivity index (χ3v) is 4.67. The van der Waals surface area contributed by atoms with Crippen molar-refractivity contribution in [3.8, 4) is 22.8 Å². The zero-order valence-electron chi connectivity index (χ0n) is 16.9. The number of amides is 1. The van der Waals surface area contributed by atoms with E-state index in [1.807, 2.05) is 0 Å². The Morgan fingerprint density at radius 1 is 1.06 bits per heavy atom. The summed E-state index contributed by atoms with van der Waals surface area (Å²) in [5.74, 6) is -0.686. The number of pyridine rings is 1. The molecule has 2 heterocycles. The molecule has 0 aliphatic heterocycles. The standard InChI is InChI=1S/C23H17FN4O4/c1-14(29)15-6-10-18(11-7-15)25-20(30)13-28-12-2-3-19(23(28)31)22-26-21(27-32-22)16-4-8-17(24)9-5-16/h2-12H,13H2,1H3,(H,25,30). The van der Waals surface area contributed by atoms with Gasteiger partial charge in [0.2, 0.25) is 11.7 Å². The molecule has 1 amide bonds. The Morgan fingerprint density at radius 2 is 1.78 bits per heavy atom. The number of ketones is 1. The number of carbonyl (C=O) groups is 2. The van der Waals surface area contributed by atoms with Crippen molar-refractivity contribution in [1.29, 1.82) is 0 Å². The second-order valence-electron chi connectivity index (χ2n) is 6.97. The van der Waals surface area contributed by atoms with Gasteiger partial charge in [0.1, 0.15) is 17.9 Å². The maximum atomic E-state index is 13.1. The number of Topliss-reactive ketones (excluding diaryl/α,β-unsaturated/α-hetero) is 1. The lowest BCUT2D eigenvalue weighted by Gasteiger charge is -2.08. The van der Waals surface area contributed by atoms with Crippen LogP contribution in [-0.4, -0.2) is 26.4 Å². The van der Waals surface area contributed by atoms with E-state index in [2.05, 4.69) is 15.5 Å². The molecule has 0 unspecified atom stereocenters. The van der Waals surface area contributed by atoms with E-state index < -0.39 is 17.3 Å². The monoisotopic (exact) mass is 432 g/mol. The molecule has 160 valence electrons. The number of halogens is 1. The maximum Gasteiger partial charge on any atom is 0.263 e. The number of aromatic nitrogens is 3. The molecular weight excluding hydrogens is 415 g/mol. The number of nitrogens with one attached hydrogen (secondary N) is 1. The van der Waals surface area contributed by atoms with Gasteiger partial charge in [-0.25, -0.2) is 4.39 Å². The van der Waals surface area contributed by atoms with Crippen LogP contribution in [0.1, 0.15) is 17.3 Å². The first kappa shape index (κ1) is 20.9. The number of hydrogen-bond acceptors (Lipinski definition) is 6. The fourth-order valence-corrected chi connectivity index (χ4v) is 3.02. The Labute approximate surface area is 181 Å². The van der Waals surface area contributed by atoms with Crippen LogP contribution in [0.3, 0.4) is 0 Å². The van der Waals surface area contributed by atoms with Crippen LogP contribution in [0.25, 0.3) is 22.8 Å². The summed E-state index contributed by atoms with van der Waals surface area (Å²) >= 11 is 0. The highest BCUT2D eigenvalue weighted by molar-refractivity contribution is 5.95. The first-order valence-electron chi connectivity index (χ1n) is 9.61. The highest BCUT2D eigenvalue weighted by atomic mass is 19.1. The SMILES string of the molecule is CC(=O)c1ccc(NC(=O)Cn2cccc(-c3nc(-c4ccc(F)cc4)no3)c2=O)cc1. The molecular formula is C23H17FN4O4. The fourth-order valence-electron chi connectivity index (χ4n) is 3.02. The molecule has 2 aromatic carbocycles. The van der Waals surface area contributed by atoms with Crippen molar-refractivity contribution in [3.63, 3.8) is 0 Å². The van der Waals surface area contributed by atoms with Gasteiger partial charge in [-0.1, -0.05) is 5.16 Å². The first-order valence-corrected chi connectivity index (χ1v) is 9.61. The van der Waals surface area contributed by atoms with Crippen LogP contribution < -0.4 is 10.9 Å². The molecule has 4 rings (SSSR count). The van der Waals surface area contributed by atoms with Crippen molar-refractivity contribution in [2.45, 2.75) is 13.5 Å². The van der Waals surface area contributed by atoms with Crippen LogP contribution in [0.15, 0.2) is 76.2 Å². The van der Waals surface area contributed by atoms with Crippen molar-refractivity contribution in [2.75, 3.05) is 5.32 Å². The van der Waals surface area contributed by atoms with Gasteiger partial charge in [0.25, 0.3) is 11.4 Å². The first-order chi connectivity index (χ1) is 15.4. The van der Waals surface area contributed by atoms with Crippen molar-refractivity contribution < 1.29 is 18.5 Å². The number of hydrogen-bond donors (Lipinski definition) is 1. The summed E-state index contributed by atoms with van der Waals surface area (Å²) in [7, 11) is 0. The molecule has 0 radical (unpaired) electrons. The smallest absolute Gasteiger partial charge is 0.263 e. The van der Waals surface area contributed by atoms with Gasteiger partial charge in [0, 0.05) is 23.0 Å². The fraction of sp³-hybridized carbons (Fsp3) is 0.0870. The van der Waals surface area contributed by atoms with Crippen molar-refractivity contribution in [1.82, 2.24) is 14.7 Å². The normalized spacial score (nSPS) is 10.7. The predicted molar refractivity (Wildman–Crippen MR) is 114 cm³/mol. The van der Waals surface area contributed by atoms with Gasteiger partial charge in [0.05, 0.1) is 0 Å². The molecule has 0 spiro atoms. The van der Waals surface area contributed by atoms with Gasteiger partial charge in [-0.2, -0.15) is 4.98 Å². The summed E-state index contributed by atoms with van der Waals surface area (Å²) in [5, 5.41) is 6.52. The molecule has 1 N–H and O–H groups in total. The Balaban J connectivity index is 1.51. The second kappa shape index (κ2) is 8.76. The van der Waals surface area contributed by atoms with E-state index in [1.54, 1.807) is 30.3 Å². The molecule has 8 nitrogen and oxygen atoms in total. The van der Waals surface area contributed by atoms with Gasteiger partial charge < -0.3 is 14.4 Å². The van der Waals surface area contributed by atoms with Crippen molar-refractivity contribution in [3.05, 3.63) is 88.6 Å².